The lowest BCUT2D eigenvalue weighted by molar-refractivity contribution is 0.292. The molecular weight excluding hydrogens is 315 g/mol. The summed E-state index contributed by atoms with van der Waals surface area (Å²) in [5.41, 5.74) is 1.16. The van der Waals surface area contributed by atoms with Gasteiger partial charge in [0.15, 0.2) is 11.5 Å². The van der Waals surface area contributed by atoms with E-state index in [4.69, 9.17) is 14.6 Å². The number of aliphatic hydroxyl groups is 1. The van der Waals surface area contributed by atoms with Crippen molar-refractivity contribution in [3.63, 3.8) is 0 Å². The van der Waals surface area contributed by atoms with E-state index in [1.807, 2.05) is 25.1 Å². The number of ether oxygens (including phenoxy) is 2. The predicted molar refractivity (Wildman–Crippen MR) is 90.3 cm³/mol. The van der Waals surface area contributed by atoms with Crippen LogP contribution in [0.15, 0.2) is 18.2 Å². The van der Waals surface area contributed by atoms with Gasteiger partial charge in [-0.25, -0.2) is 0 Å². The molecule has 7 heteroatoms. The Morgan fingerprint density at radius 3 is 2.38 bits per heavy atom. The first-order valence-electron chi connectivity index (χ1n) is 6.63. The number of methoxy groups -OCH3 is 1. The molecule has 0 bridgehead atoms. The van der Waals surface area contributed by atoms with Gasteiger partial charge in [0.2, 0.25) is 0 Å². The molecule has 0 saturated heterocycles. The van der Waals surface area contributed by atoms with Crippen LogP contribution in [-0.4, -0.2) is 45.1 Å². The second-order valence-corrected chi connectivity index (χ2v) is 4.07. The Morgan fingerprint density at radius 1 is 1.05 bits per heavy atom. The zero-order valence-corrected chi connectivity index (χ0v) is 14.2. The fraction of sp³-hybridized carbons (Fsp3) is 0.571. The Bertz CT molecular complexity index is 368. The number of rotatable bonds is 10. The maximum Gasteiger partial charge on any atom is 0.161 e. The van der Waals surface area contributed by atoms with Crippen LogP contribution in [0.25, 0.3) is 0 Å². The van der Waals surface area contributed by atoms with Crippen molar-refractivity contribution >= 4 is 24.8 Å². The zero-order chi connectivity index (χ0) is 13.9. The summed E-state index contributed by atoms with van der Waals surface area (Å²) in [6.45, 7) is 5.88. The quantitative estimate of drug-likeness (QED) is 0.565. The fourth-order valence-corrected chi connectivity index (χ4v) is 1.71. The van der Waals surface area contributed by atoms with Gasteiger partial charge in [0.1, 0.15) is 0 Å². The molecule has 0 fully saturated rings. The van der Waals surface area contributed by atoms with Crippen molar-refractivity contribution in [3.8, 4) is 11.5 Å². The van der Waals surface area contributed by atoms with E-state index >= 15 is 0 Å². The molecule has 0 amide bonds. The second kappa shape index (κ2) is 14.2. The molecule has 124 valence electrons. The van der Waals surface area contributed by atoms with Gasteiger partial charge in [-0.15, -0.1) is 24.8 Å². The number of nitrogens with one attached hydrogen (secondary N) is 2. The van der Waals surface area contributed by atoms with Crippen LogP contribution in [0.1, 0.15) is 12.5 Å². The smallest absolute Gasteiger partial charge is 0.161 e. The summed E-state index contributed by atoms with van der Waals surface area (Å²) >= 11 is 0. The van der Waals surface area contributed by atoms with Gasteiger partial charge in [-0.3, -0.25) is 0 Å². The highest BCUT2D eigenvalue weighted by atomic mass is 35.5. The van der Waals surface area contributed by atoms with Crippen LogP contribution < -0.4 is 20.1 Å². The third kappa shape index (κ3) is 9.01. The second-order valence-electron chi connectivity index (χ2n) is 4.07. The molecule has 1 rings (SSSR count). The molecule has 0 unspecified atom stereocenters. The van der Waals surface area contributed by atoms with Crippen molar-refractivity contribution in [1.29, 1.82) is 0 Å². The van der Waals surface area contributed by atoms with Gasteiger partial charge in [-0.05, 0) is 24.6 Å². The van der Waals surface area contributed by atoms with Crippen molar-refractivity contribution in [2.45, 2.75) is 13.5 Å². The summed E-state index contributed by atoms with van der Waals surface area (Å²) < 4.78 is 10.8. The van der Waals surface area contributed by atoms with E-state index in [-0.39, 0.29) is 31.4 Å². The molecule has 3 N–H and O–H groups in total. The van der Waals surface area contributed by atoms with Crippen molar-refractivity contribution in [1.82, 2.24) is 10.6 Å². The topological polar surface area (TPSA) is 62.8 Å². The molecule has 0 aromatic heterocycles. The first kappa shape index (κ1) is 22.6. The molecule has 0 radical (unpaired) electrons. The largest absolute Gasteiger partial charge is 0.493 e. The Labute approximate surface area is 139 Å². The Kier molecular flexibility index (Phi) is 15.3. The van der Waals surface area contributed by atoms with E-state index < -0.39 is 0 Å². The number of benzene rings is 1. The SMILES string of the molecule is CCOc1cc(CNCCNCCO)ccc1OC.Cl.Cl. The normalized spacial score (nSPS) is 9.48. The van der Waals surface area contributed by atoms with E-state index in [2.05, 4.69) is 10.6 Å². The first-order chi connectivity index (χ1) is 9.31. The van der Waals surface area contributed by atoms with Crippen LogP contribution >= 0.6 is 24.8 Å². The lowest BCUT2D eigenvalue weighted by Gasteiger charge is -2.11. The van der Waals surface area contributed by atoms with Crippen LogP contribution in [0.3, 0.4) is 0 Å². The first-order valence-corrected chi connectivity index (χ1v) is 6.63. The third-order valence-electron chi connectivity index (χ3n) is 2.62. The van der Waals surface area contributed by atoms with Gasteiger partial charge in [-0.1, -0.05) is 6.07 Å². The summed E-state index contributed by atoms with van der Waals surface area (Å²) in [4.78, 5) is 0. The van der Waals surface area contributed by atoms with Crippen LogP contribution in [0.2, 0.25) is 0 Å². The van der Waals surface area contributed by atoms with Gasteiger partial charge in [-0.2, -0.15) is 0 Å². The van der Waals surface area contributed by atoms with Crippen molar-refractivity contribution in [2.24, 2.45) is 0 Å². The fourth-order valence-electron chi connectivity index (χ4n) is 1.71. The van der Waals surface area contributed by atoms with Crippen LogP contribution in [0, 0.1) is 0 Å². The van der Waals surface area contributed by atoms with Crippen molar-refractivity contribution in [3.05, 3.63) is 23.8 Å². The lowest BCUT2D eigenvalue weighted by Crippen LogP contribution is -2.28. The number of hydrogen-bond donors (Lipinski definition) is 3. The summed E-state index contributed by atoms with van der Waals surface area (Å²) in [5, 5.41) is 15.1. The molecule has 0 heterocycles. The molecule has 21 heavy (non-hydrogen) atoms. The standard InChI is InChI=1S/C14H24N2O3.2ClH/c1-3-19-14-10-12(4-5-13(14)18-2)11-16-7-6-15-8-9-17;;/h4-5,10,15-17H,3,6-9,11H2,1-2H3;2*1H. The van der Waals surface area contributed by atoms with Crippen LogP contribution in [-0.2, 0) is 6.54 Å². The van der Waals surface area contributed by atoms with Gasteiger partial charge in [0, 0.05) is 26.2 Å². The highest BCUT2D eigenvalue weighted by Crippen LogP contribution is 2.27. The van der Waals surface area contributed by atoms with Crippen LogP contribution in [0.4, 0.5) is 0 Å². The Balaban J connectivity index is 0. The van der Waals surface area contributed by atoms with E-state index in [1.54, 1.807) is 7.11 Å². The number of halogens is 2. The maximum atomic E-state index is 8.62. The molecule has 1 aromatic carbocycles. The van der Waals surface area contributed by atoms with E-state index in [9.17, 15) is 0 Å². The average Bonchev–Trinajstić information content (AvgIpc) is 2.43. The highest BCUT2D eigenvalue weighted by Gasteiger charge is 2.04. The van der Waals surface area contributed by atoms with Crippen molar-refractivity contribution < 1.29 is 14.6 Å². The third-order valence-corrected chi connectivity index (χ3v) is 2.62. The minimum atomic E-state index is 0. The molecule has 0 saturated carbocycles. The molecule has 0 atom stereocenters. The van der Waals surface area contributed by atoms with Gasteiger partial charge in [0.25, 0.3) is 0 Å². The lowest BCUT2D eigenvalue weighted by atomic mass is 10.2. The summed E-state index contributed by atoms with van der Waals surface area (Å²) in [6, 6.07) is 5.94. The summed E-state index contributed by atoms with van der Waals surface area (Å²) in [7, 11) is 1.64. The van der Waals surface area contributed by atoms with E-state index in [0.29, 0.717) is 13.2 Å². The van der Waals surface area contributed by atoms with E-state index in [0.717, 1.165) is 36.7 Å². The number of aliphatic hydroxyl groups excluding tert-OH is 1. The van der Waals surface area contributed by atoms with Crippen molar-refractivity contribution in [2.75, 3.05) is 40.0 Å². The minimum Gasteiger partial charge on any atom is -0.493 e. The Hall–Kier alpha value is -0.720. The maximum absolute atomic E-state index is 8.62. The summed E-state index contributed by atoms with van der Waals surface area (Å²) in [5.74, 6) is 1.54. The highest BCUT2D eigenvalue weighted by molar-refractivity contribution is 5.85. The van der Waals surface area contributed by atoms with Gasteiger partial charge < -0.3 is 25.2 Å². The molecule has 0 aliphatic rings. The summed E-state index contributed by atoms with van der Waals surface area (Å²) in [6.07, 6.45) is 0. The van der Waals surface area contributed by atoms with Gasteiger partial charge >= 0.3 is 0 Å². The molecule has 1 aromatic rings. The van der Waals surface area contributed by atoms with Crippen LogP contribution in [0.5, 0.6) is 11.5 Å². The predicted octanol–water partition coefficient (Wildman–Crippen LogP) is 1.61. The molecule has 0 aliphatic carbocycles. The number of hydrogen-bond acceptors (Lipinski definition) is 5. The van der Waals surface area contributed by atoms with E-state index in [1.165, 1.54) is 0 Å². The minimum absolute atomic E-state index is 0. The Morgan fingerprint density at radius 2 is 1.76 bits per heavy atom. The molecule has 0 aliphatic heterocycles. The van der Waals surface area contributed by atoms with Gasteiger partial charge in [0.05, 0.1) is 20.3 Å². The zero-order valence-electron chi connectivity index (χ0n) is 12.6. The molecule has 5 nitrogen and oxygen atoms in total. The molecule has 0 spiro atoms. The molecular formula is C14H26Cl2N2O3. The monoisotopic (exact) mass is 340 g/mol. The average molecular weight is 341 g/mol.